The summed E-state index contributed by atoms with van der Waals surface area (Å²) in [5.74, 6) is -0.204. The molecule has 1 heterocycles. The van der Waals surface area contributed by atoms with E-state index in [1.807, 2.05) is 7.05 Å². The number of nitrogens with two attached hydrogens (primary N) is 1. The maximum atomic E-state index is 12.7. The molecule has 1 saturated heterocycles. The number of rotatable bonds is 6. The van der Waals surface area contributed by atoms with Gasteiger partial charge in [0.05, 0.1) is 0 Å². The van der Waals surface area contributed by atoms with Crippen LogP contribution in [0.2, 0.25) is 0 Å². The number of benzene rings is 2. The van der Waals surface area contributed by atoms with Gasteiger partial charge in [0.2, 0.25) is 5.91 Å². The number of hydrogen-bond acceptors (Lipinski definition) is 3. The van der Waals surface area contributed by atoms with E-state index >= 15 is 0 Å². The van der Waals surface area contributed by atoms with Crippen LogP contribution in [0, 0.1) is 13.8 Å². The first-order chi connectivity index (χ1) is 13.8. The van der Waals surface area contributed by atoms with Crippen LogP contribution in [0.1, 0.15) is 61.0 Å². The molecule has 0 radical (unpaired) electrons. The third-order valence-electron chi connectivity index (χ3n) is 7.03. The largest absolute Gasteiger partial charge is 0.368 e. The Kier molecular flexibility index (Phi) is 6.45. The molecule has 29 heavy (non-hydrogen) atoms. The molecule has 0 saturated carbocycles. The van der Waals surface area contributed by atoms with Gasteiger partial charge in [-0.3, -0.25) is 14.6 Å². The molecule has 2 aromatic rings. The fraction of sp³-hybridized carbons (Fsp3) is 0.480. The van der Waals surface area contributed by atoms with Crippen LogP contribution in [0.4, 0.5) is 0 Å². The van der Waals surface area contributed by atoms with Gasteiger partial charge in [0.1, 0.15) is 5.54 Å². The van der Waals surface area contributed by atoms with E-state index in [2.05, 4.69) is 86.0 Å². The average Bonchev–Trinajstić information content (AvgIpc) is 2.73. The van der Waals surface area contributed by atoms with Crippen molar-refractivity contribution in [3.8, 4) is 0 Å². The van der Waals surface area contributed by atoms with Crippen molar-refractivity contribution in [1.29, 1.82) is 0 Å². The number of carbonyl (C=O) groups excluding carboxylic acids is 1. The lowest BCUT2D eigenvalue weighted by molar-refractivity contribution is -0.135. The lowest BCUT2D eigenvalue weighted by Gasteiger charge is -2.51. The molecule has 0 spiro atoms. The third-order valence-corrected chi connectivity index (χ3v) is 7.03. The van der Waals surface area contributed by atoms with Gasteiger partial charge < -0.3 is 5.73 Å². The number of hydrogen-bond donors (Lipinski definition) is 1. The predicted molar refractivity (Wildman–Crippen MR) is 120 cm³/mol. The Balaban J connectivity index is 2.09. The van der Waals surface area contributed by atoms with Crippen molar-refractivity contribution in [3.63, 3.8) is 0 Å². The molecule has 0 bridgehead atoms. The summed E-state index contributed by atoms with van der Waals surface area (Å²) in [4.78, 5) is 17.5. The first kappa shape index (κ1) is 21.5. The Morgan fingerprint density at radius 1 is 1.17 bits per heavy atom. The average molecular weight is 394 g/mol. The lowest BCUT2D eigenvalue weighted by Crippen LogP contribution is -2.62. The SMILES string of the molecule is CCN(C)C1(C(N)=O)CCN(C(C)c2ccccc2)C(c2c(C)cccc2C)C1. The van der Waals surface area contributed by atoms with Gasteiger partial charge in [0.15, 0.2) is 0 Å². The van der Waals surface area contributed by atoms with Crippen molar-refractivity contribution in [2.45, 2.75) is 58.2 Å². The number of amides is 1. The van der Waals surface area contributed by atoms with Gasteiger partial charge in [-0.1, -0.05) is 55.5 Å². The second-order valence-corrected chi connectivity index (χ2v) is 8.51. The lowest BCUT2D eigenvalue weighted by atomic mass is 9.76. The van der Waals surface area contributed by atoms with E-state index < -0.39 is 5.54 Å². The normalized spacial score (nSPS) is 23.9. The van der Waals surface area contributed by atoms with Gasteiger partial charge in [0.25, 0.3) is 0 Å². The summed E-state index contributed by atoms with van der Waals surface area (Å²) >= 11 is 0. The van der Waals surface area contributed by atoms with Crippen molar-refractivity contribution in [1.82, 2.24) is 9.80 Å². The minimum atomic E-state index is -0.610. The van der Waals surface area contributed by atoms with Crippen LogP contribution < -0.4 is 5.73 Å². The summed E-state index contributed by atoms with van der Waals surface area (Å²) in [6.45, 7) is 10.4. The van der Waals surface area contributed by atoms with E-state index in [-0.39, 0.29) is 18.0 Å². The zero-order valence-corrected chi connectivity index (χ0v) is 18.5. The van der Waals surface area contributed by atoms with Gasteiger partial charge in [-0.2, -0.15) is 0 Å². The molecule has 1 amide bonds. The number of likely N-dealkylation sites (tertiary alicyclic amines) is 1. The number of aryl methyl sites for hydroxylation is 2. The zero-order chi connectivity index (χ0) is 21.2. The number of piperidine rings is 1. The molecule has 1 aliphatic heterocycles. The molecule has 156 valence electrons. The maximum Gasteiger partial charge on any atom is 0.238 e. The molecule has 3 atom stereocenters. The molecule has 0 aliphatic carbocycles. The predicted octanol–water partition coefficient (Wildman–Crippen LogP) is 4.38. The first-order valence-corrected chi connectivity index (χ1v) is 10.7. The first-order valence-electron chi connectivity index (χ1n) is 10.7. The van der Waals surface area contributed by atoms with E-state index in [0.29, 0.717) is 0 Å². The second-order valence-electron chi connectivity index (χ2n) is 8.51. The van der Waals surface area contributed by atoms with E-state index in [0.717, 1.165) is 25.9 Å². The van der Waals surface area contributed by atoms with Crippen LogP contribution in [-0.2, 0) is 4.79 Å². The summed E-state index contributed by atoms with van der Waals surface area (Å²) in [6, 6.07) is 17.5. The Morgan fingerprint density at radius 3 is 2.34 bits per heavy atom. The minimum Gasteiger partial charge on any atom is -0.368 e. The smallest absolute Gasteiger partial charge is 0.238 e. The molecule has 2 N–H and O–H groups in total. The van der Waals surface area contributed by atoms with Gasteiger partial charge in [0, 0.05) is 18.6 Å². The Bertz CT molecular complexity index is 830. The van der Waals surface area contributed by atoms with E-state index in [4.69, 9.17) is 5.73 Å². The molecule has 3 rings (SSSR count). The van der Waals surface area contributed by atoms with Crippen LogP contribution >= 0.6 is 0 Å². The maximum absolute atomic E-state index is 12.7. The molecule has 3 unspecified atom stereocenters. The quantitative estimate of drug-likeness (QED) is 0.792. The van der Waals surface area contributed by atoms with Gasteiger partial charge in [-0.15, -0.1) is 0 Å². The zero-order valence-electron chi connectivity index (χ0n) is 18.5. The van der Waals surface area contributed by atoms with Crippen molar-refractivity contribution in [3.05, 3.63) is 70.8 Å². The molecular formula is C25H35N3O. The van der Waals surface area contributed by atoms with E-state index in [1.165, 1.54) is 22.3 Å². The number of nitrogens with zero attached hydrogens (tertiary/aromatic N) is 2. The van der Waals surface area contributed by atoms with Crippen LogP contribution in [0.25, 0.3) is 0 Å². The fourth-order valence-electron chi connectivity index (χ4n) is 5.08. The molecule has 4 nitrogen and oxygen atoms in total. The van der Waals surface area contributed by atoms with Crippen LogP contribution in [0.15, 0.2) is 48.5 Å². The Labute approximate surface area is 175 Å². The van der Waals surface area contributed by atoms with Crippen molar-refractivity contribution in [2.75, 3.05) is 20.1 Å². The molecule has 1 fully saturated rings. The summed E-state index contributed by atoms with van der Waals surface area (Å²) in [7, 11) is 2.03. The standard InChI is InChI=1S/C25H35N3O/c1-6-27(5)25(24(26)29)15-16-28(20(4)21-13-8-7-9-14-21)22(17-25)23-18(2)11-10-12-19(23)3/h7-14,20,22H,6,15-17H2,1-5H3,(H2,26,29). The van der Waals surface area contributed by atoms with Gasteiger partial charge >= 0.3 is 0 Å². The van der Waals surface area contributed by atoms with Gasteiger partial charge in [-0.05, 0) is 69.5 Å². The highest BCUT2D eigenvalue weighted by Crippen LogP contribution is 2.45. The molecule has 0 aromatic heterocycles. The van der Waals surface area contributed by atoms with Crippen LogP contribution in [0.3, 0.4) is 0 Å². The van der Waals surface area contributed by atoms with Crippen molar-refractivity contribution >= 4 is 5.91 Å². The van der Waals surface area contributed by atoms with E-state index in [9.17, 15) is 4.79 Å². The van der Waals surface area contributed by atoms with Crippen LogP contribution in [-0.4, -0.2) is 41.4 Å². The third kappa shape index (κ3) is 3.96. The monoisotopic (exact) mass is 393 g/mol. The van der Waals surface area contributed by atoms with Gasteiger partial charge in [-0.25, -0.2) is 0 Å². The summed E-state index contributed by atoms with van der Waals surface area (Å²) in [6.07, 6.45) is 1.47. The van der Waals surface area contributed by atoms with Crippen molar-refractivity contribution < 1.29 is 4.79 Å². The minimum absolute atomic E-state index is 0.140. The molecule has 4 heteroatoms. The summed E-state index contributed by atoms with van der Waals surface area (Å²) < 4.78 is 0. The Morgan fingerprint density at radius 2 is 1.79 bits per heavy atom. The molecule has 1 aliphatic rings. The number of primary amides is 1. The fourth-order valence-corrected chi connectivity index (χ4v) is 5.08. The summed E-state index contributed by atoms with van der Waals surface area (Å²) in [5.41, 5.74) is 10.6. The highest BCUT2D eigenvalue weighted by Gasteiger charge is 2.48. The topological polar surface area (TPSA) is 49.6 Å². The molecule has 2 aromatic carbocycles. The van der Waals surface area contributed by atoms with Crippen LogP contribution in [0.5, 0.6) is 0 Å². The highest BCUT2D eigenvalue weighted by atomic mass is 16.1. The summed E-state index contributed by atoms with van der Waals surface area (Å²) in [5, 5.41) is 0. The Hall–Kier alpha value is -2.17. The van der Waals surface area contributed by atoms with E-state index in [1.54, 1.807) is 0 Å². The number of carbonyl (C=O) groups is 1. The number of likely N-dealkylation sites (N-methyl/N-ethyl adjacent to an activating group) is 1. The molecular weight excluding hydrogens is 358 g/mol. The second kappa shape index (κ2) is 8.68. The highest BCUT2D eigenvalue weighted by molar-refractivity contribution is 5.85. The van der Waals surface area contributed by atoms with Crippen molar-refractivity contribution in [2.24, 2.45) is 5.73 Å².